The molecule has 0 radical (unpaired) electrons. The van der Waals surface area contributed by atoms with Gasteiger partial charge < -0.3 is 10.2 Å². The maximum Gasteiger partial charge on any atom is 0.0809 e. The molecule has 1 aromatic rings. The lowest BCUT2D eigenvalue weighted by Crippen LogP contribution is -2.54. The summed E-state index contributed by atoms with van der Waals surface area (Å²) >= 11 is 0. The van der Waals surface area contributed by atoms with Gasteiger partial charge in [0.15, 0.2) is 0 Å². The standard InChI is InChI=1S/C24H36N2O2/c1-23-8-6-18(27)12-17(23)4-5-19-20(23)7-9-24(2)21(19)11-16(22(24)28)10-15-13-25-26(3)14-15/h10,13-14,17-22,27-28H,4-9,11-12H2,1-3H3/b16-10-. The number of hydrogen-bond acceptors (Lipinski definition) is 3. The van der Waals surface area contributed by atoms with Gasteiger partial charge in [0.05, 0.1) is 18.4 Å². The summed E-state index contributed by atoms with van der Waals surface area (Å²) in [4.78, 5) is 0. The first kappa shape index (κ1) is 18.9. The molecule has 28 heavy (non-hydrogen) atoms. The van der Waals surface area contributed by atoms with Crippen LogP contribution in [0.15, 0.2) is 18.0 Å². The molecule has 0 aromatic carbocycles. The number of aromatic nitrogens is 2. The van der Waals surface area contributed by atoms with Crippen molar-refractivity contribution < 1.29 is 10.2 Å². The second-order valence-corrected chi connectivity index (χ2v) is 10.9. The minimum atomic E-state index is -0.322. The first-order chi connectivity index (χ1) is 13.3. The van der Waals surface area contributed by atoms with Crippen molar-refractivity contribution in [3.05, 3.63) is 23.5 Å². The van der Waals surface area contributed by atoms with Gasteiger partial charge in [0.1, 0.15) is 0 Å². The molecule has 1 heterocycles. The first-order valence-corrected chi connectivity index (χ1v) is 11.4. The van der Waals surface area contributed by atoms with Gasteiger partial charge in [-0.25, -0.2) is 0 Å². The van der Waals surface area contributed by atoms with Crippen LogP contribution < -0.4 is 0 Å². The van der Waals surface area contributed by atoms with Crippen LogP contribution in [0.5, 0.6) is 0 Å². The lowest BCUT2D eigenvalue weighted by molar-refractivity contribution is -0.133. The molecule has 2 N–H and O–H groups in total. The number of fused-ring (bicyclic) bond motifs is 5. The van der Waals surface area contributed by atoms with E-state index >= 15 is 0 Å². The summed E-state index contributed by atoms with van der Waals surface area (Å²) in [6.07, 6.45) is 14.9. The monoisotopic (exact) mass is 384 g/mol. The summed E-state index contributed by atoms with van der Waals surface area (Å²) in [6, 6.07) is 0. The Bertz CT molecular complexity index is 785. The van der Waals surface area contributed by atoms with Crippen LogP contribution >= 0.6 is 0 Å². The summed E-state index contributed by atoms with van der Waals surface area (Å²) in [5, 5.41) is 25.8. The third-order valence-electron chi connectivity index (χ3n) is 9.58. The van der Waals surface area contributed by atoms with Crippen LogP contribution in [-0.2, 0) is 7.05 Å². The van der Waals surface area contributed by atoms with Gasteiger partial charge in [-0.3, -0.25) is 4.68 Å². The van der Waals surface area contributed by atoms with E-state index < -0.39 is 0 Å². The lowest BCUT2D eigenvalue weighted by Gasteiger charge is -2.60. The molecule has 8 atom stereocenters. The molecule has 0 saturated heterocycles. The first-order valence-electron chi connectivity index (χ1n) is 11.4. The number of aryl methyl sites for hydroxylation is 1. The maximum atomic E-state index is 11.3. The molecule has 4 heteroatoms. The van der Waals surface area contributed by atoms with Crippen molar-refractivity contribution >= 4 is 6.08 Å². The van der Waals surface area contributed by atoms with Crippen molar-refractivity contribution in [3.8, 4) is 0 Å². The molecule has 0 spiro atoms. The van der Waals surface area contributed by atoms with Crippen molar-refractivity contribution in [1.82, 2.24) is 9.78 Å². The van der Waals surface area contributed by atoms with Crippen molar-refractivity contribution in [2.45, 2.75) is 77.4 Å². The fraction of sp³-hybridized carbons (Fsp3) is 0.792. The van der Waals surface area contributed by atoms with Gasteiger partial charge >= 0.3 is 0 Å². The highest BCUT2D eigenvalue weighted by Gasteiger charge is 2.61. The van der Waals surface area contributed by atoms with Crippen molar-refractivity contribution in [2.24, 2.45) is 41.5 Å². The number of hydrogen-bond donors (Lipinski definition) is 2. The minimum absolute atomic E-state index is 0.0204. The van der Waals surface area contributed by atoms with E-state index in [0.29, 0.717) is 17.3 Å². The molecular formula is C24H36N2O2. The number of aliphatic hydroxyl groups is 2. The zero-order chi connectivity index (χ0) is 19.7. The Balaban J connectivity index is 1.44. The molecule has 154 valence electrons. The number of rotatable bonds is 1. The number of aliphatic hydroxyl groups excluding tert-OH is 2. The third-order valence-corrected chi connectivity index (χ3v) is 9.58. The Morgan fingerprint density at radius 2 is 1.86 bits per heavy atom. The van der Waals surface area contributed by atoms with E-state index in [0.717, 1.165) is 43.1 Å². The molecule has 0 amide bonds. The highest BCUT2D eigenvalue weighted by molar-refractivity contribution is 5.54. The van der Waals surface area contributed by atoms with E-state index in [4.69, 9.17) is 0 Å². The quantitative estimate of drug-likeness (QED) is 0.764. The van der Waals surface area contributed by atoms with Gasteiger partial charge in [0.25, 0.3) is 0 Å². The molecule has 0 bridgehead atoms. The van der Waals surface area contributed by atoms with Crippen LogP contribution in [0, 0.1) is 34.5 Å². The van der Waals surface area contributed by atoms with E-state index in [-0.39, 0.29) is 17.6 Å². The second kappa shape index (κ2) is 6.43. The molecule has 4 aliphatic carbocycles. The Morgan fingerprint density at radius 1 is 1.07 bits per heavy atom. The molecule has 5 rings (SSSR count). The van der Waals surface area contributed by atoms with Gasteiger partial charge in [0, 0.05) is 24.2 Å². The second-order valence-electron chi connectivity index (χ2n) is 10.9. The Hall–Kier alpha value is -1.13. The lowest BCUT2D eigenvalue weighted by atomic mass is 9.45. The SMILES string of the molecule is Cn1cc(/C=C2/CC3C4CCC5CC(O)CCC5(C)C4CCC3(C)C2O)cn1. The largest absolute Gasteiger partial charge is 0.393 e. The van der Waals surface area contributed by atoms with Crippen LogP contribution in [0.4, 0.5) is 0 Å². The van der Waals surface area contributed by atoms with Crippen LogP contribution in [0.1, 0.15) is 70.8 Å². The average molecular weight is 385 g/mol. The zero-order valence-corrected chi connectivity index (χ0v) is 17.6. The number of nitrogens with zero attached hydrogens (tertiary/aromatic N) is 2. The summed E-state index contributed by atoms with van der Waals surface area (Å²) in [5.41, 5.74) is 2.73. The molecule has 4 saturated carbocycles. The minimum Gasteiger partial charge on any atom is -0.393 e. The molecule has 4 nitrogen and oxygen atoms in total. The van der Waals surface area contributed by atoms with E-state index in [1.54, 1.807) is 0 Å². The smallest absolute Gasteiger partial charge is 0.0809 e. The van der Waals surface area contributed by atoms with Crippen molar-refractivity contribution in [3.63, 3.8) is 0 Å². The van der Waals surface area contributed by atoms with Gasteiger partial charge in [-0.2, -0.15) is 5.10 Å². The molecule has 1 aromatic heterocycles. The van der Waals surface area contributed by atoms with Crippen molar-refractivity contribution in [2.75, 3.05) is 0 Å². The van der Waals surface area contributed by atoms with Crippen LogP contribution in [0.3, 0.4) is 0 Å². The predicted molar refractivity (Wildman–Crippen MR) is 110 cm³/mol. The van der Waals surface area contributed by atoms with Gasteiger partial charge in [0.2, 0.25) is 0 Å². The van der Waals surface area contributed by atoms with E-state index in [1.165, 1.54) is 31.3 Å². The van der Waals surface area contributed by atoms with E-state index in [1.807, 2.05) is 24.1 Å². The van der Waals surface area contributed by atoms with Gasteiger partial charge in [-0.05, 0) is 86.0 Å². The van der Waals surface area contributed by atoms with Crippen LogP contribution in [0.25, 0.3) is 6.08 Å². The summed E-state index contributed by atoms with van der Waals surface area (Å²) in [5.74, 6) is 2.78. The maximum absolute atomic E-state index is 11.3. The Kier molecular flexibility index (Phi) is 4.34. The third kappa shape index (κ3) is 2.67. The topological polar surface area (TPSA) is 58.3 Å². The van der Waals surface area contributed by atoms with E-state index in [2.05, 4.69) is 25.0 Å². The summed E-state index contributed by atoms with van der Waals surface area (Å²) in [6.45, 7) is 4.88. The highest BCUT2D eigenvalue weighted by Crippen LogP contribution is 2.67. The predicted octanol–water partition coefficient (Wildman–Crippen LogP) is 4.18. The highest BCUT2D eigenvalue weighted by atomic mass is 16.3. The molecule has 4 aliphatic rings. The normalized spacial score (nSPS) is 49.5. The van der Waals surface area contributed by atoms with Gasteiger partial charge in [-0.15, -0.1) is 0 Å². The fourth-order valence-electron chi connectivity index (χ4n) is 7.96. The molecule has 4 fully saturated rings. The summed E-state index contributed by atoms with van der Waals surface area (Å²) in [7, 11) is 1.94. The molecular weight excluding hydrogens is 348 g/mol. The van der Waals surface area contributed by atoms with Crippen LogP contribution in [-0.4, -0.2) is 32.2 Å². The Labute approximate surface area is 169 Å². The van der Waals surface area contributed by atoms with Crippen molar-refractivity contribution in [1.29, 1.82) is 0 Å². The zero-order valence-electron chi connectivity index (χ0n) is 17.6. The summed E-state index contributed by atoms with van der Waals surface area (Å²) < 4.78 is 1.83. The van der Waals surface area contributed by atoms with E-state index in [9.17, 15) is 10.2 Å². The average Bonchev–Trinajstić information content (AvgIpc) is 3.18. The fourth-order valence-corrected chi connectivity index (χ4v) is 7.96. The molecule has 0 aliphatic heterocycles. The Morgan fingerprint density at radius 3 is 2.61 bits per heavy atom. The molecule has 8 unspecified atom stereocenters. The van der Waals surface area contributed by atoms with Gasteiger partial charge in [-0.1, -0.05) is 19.9 Å². The van der Waals surface area contributed by atoms with Crippen LogP contribution in [0.2, 0.25) is 0 Å².